The van der Waals surface area contributed by atoms with Crippen LogP contribution in [0.3, 0.4) is 0 Å². The summed E-state index contributed by atoms with van der Waals surface area (Å²) >= 11 is 1.16. The molecule has 0 fully saturated rings. The smallest absolute Gasteiger partial charge is 0.231 e. The summed E-state index contributed by atoms with van der Waals surface area (Å²) in [7, 11) is -3.64. The molecule has 0 saturated carbocycles. The number of hydrogen-bond donors (Lipinski definition) is 1. The third-order valence-electron chi connectivity index (χ3n) is 3.90. The van der Waals surface area contributed by atoms with Gasteiger partial charge in [-0.05, 0) is 29.1 Å². The lowest BCUT2D eigenvalue weighted by Gasteiger charge is -2.19. The van der Waals surface area contributed by atoms with E-state index in [4.69, 9.17) is 9.47 Å². The van der Waals surface area contributed by atoms with Crippen LogP contribution in [0.5, 0.6) is 11.5 Å². The highest BCUT2D eigenvalue weighted by Crippen LogP contribution is 2.38. The minimum atomic E-state index is -3.64. The molecule has 1 aliphatic heterocycles. The van der Waals surface area contributed by atoms with Gasteiger partial charge in [-0.3, -0.25) is 4.79 Å². The van der Waals surface area contributed by atoms with Crippen molar-refractivity contribution in [1.29, 1.82) is 0 Å². The molecule has 1 N–H and O–H groups in total. The Balaban J connectivity index is 1.96. The zero-order chi connectivity index (χ0) is 18.0. The van der Waals surface area contributed by atoms with Crippen molar-refractivity contribution in [2.24, 2.45) is 5.92 Å². The Kier molecular flexibility index (Phi) is 5.01. The monoisotopic (exact) mass is 381 g/mol. The number of carbonyl (C=O) groups is 1. The van der Waals surface area contributed by atoms with Crippen LogP contribution < -0.4 is 14.8 Å². The zero-order valence-electron chi connectivity index (χ0n) is 13.9. The van der Waals surface area contributed by atoms with Crippen LogP contribution in [-0.4, -0.2) is 27.7 Å². The highest BCUT2D eigenvalue weighted by Gasteiger charge is 2.32. The fraction of sp³-hybridized carbons (Fsp3) is 0.353. The lowest BCUT2D eigenvalue weighted by molar-refractivity contribution is -0.123. The quantitative estimate of drug-likeness (QED) is 0.832. The molecule has 0 saturated heterocycles. The van der Waals surface area contributed by atoms with E-state index in [1.807, 2.05) is 0 Å². The Morgan fingerprint density at radius 2 is 2.00 bits per heavy atom. The Labute approximate surface area is 150 Å². The molecule has 1 aromatic heterocycles. The number of thiophene rings is 1. The lowest BCUT2D eigenvalue weighted by atomic mass is 10.1. The molecule has 25 heavy (non-hydrogen) atoms. The molecule has 134 valence electrons. The van der Waals surface area contributed by atoms with Gasteiger partial charge in [0.2, 0.25) is 12.7 Å². The molecule has 0 aliphatic carbocycles. The van der Waals surface area contributed by atoms with Gasteiger partial charge in [0.1, 0.15) is 9.46 Å². The highest BCUT2D eigenvalue weighted by molar-refractivity contribution is 7.93. The molecule has 0 unspecified atom stereocenters. The van der Waals surface area contributed by atoms with Crippen LogP contribution in [0.1, 0.15) is 24.7 Å². The molecule has 6 nitrogen and oxygen atoms in total. The van der Waals surface area contributed by atoms with E-state index in [0.717, 1.165) is 11.3 Å². The predicted octanol–water partition coefficient (Wildman–Crippen LogP) is 2.76. The van der Waals surface area contributed by atoms with E-state index in [1.165, 1.54) is 0 Å². The van der Waals surface area contributed by atoms with Crippen LogP contribution in [0.2, 0.25) is 0 Å². The van der Waals surface area contributed by atoms with Gasteiger partial charge in [-0.15, -0.1) is 11.3 Å². The number of sulfone groups is 1. The molecule has 1 aromatic carbocycles. The van der Waals surface area contributed by atoms with Crippen LogP contribution in [0.15, 0.2) is 39.9 Å². The number of nitrogens with one attached hydrogen (secondary N) is 1. The molecule has 1 atom stereocenters. The highest BCUT2D eigenvalue weighted by atomic mass is 32.2. The summed E-state index contributed by atoms with van der Waals surface area (Å²) in [5, 5.41) is 3.55. The number of benzene rings is 1. The minimum absolute atomic E-state index is 0.00308. The van der Waals surface area contributed by atoms with Gasteiger partial charge in [0, 0.05) is 12.5 Å². The number of carbonyl (C=O) groups excluding carboxylic acids is 1. The summed E-state index contributed by atoms with van der Waals surface area (Å²) in [6, 6.07) is 8.33. The number of rotatable bonds is 6. The molecule has 2 heterocycles. The number of amides is 1. The van der Waals surface area contributed by atoms with Crippen molar-refractivity contribution in [3.05, 3.63) is 41.3 Å². The SMILES string of the molecule is CC(C)C(=O)NC[C@@H](c1ccc2c(c1)OCO2)S(=O)(=O)c1cccs1. The maximum atomic E-state index is 13.1. The molecule has 8 heteroatoms. The van der Waals surface area contributed by atoms with Gasteiger partial charge in [-0.2, -0.15) is 0 Å². The Hall–Kier alpha value is -2.06. The van der Waals surface area contributed by atoms with Gasteiger partial charge in [0.05, 0.1) is 0 Å². The first-order valence-electron chi connectivity index (χ1n) is 7.84. The van der Waals surface area contributed by atoms with Gasteiger partial charge < -0.3 is 14.8 Å². The summed E-state index contributed by atoms with van der Waals surface area (Å²) in [6.45, 7) is 3.64. The van der Waals surface area contributed by atoms with E-state index < -0.39 is 15.1 Å². The third-order valence-corrected chi connectivity index (χ3v) is 7.44. The second-order valence-corrected chi connectivity index (χ2v) is 9.28. The molecule has 0 spiro atoms. The standard InChI is InChI=1S/C17H19NO5S2/c1-11(2)17(19)18-9-15(25(20,21)16-4-3-7-24-16)12-5-6-13-14(8-12)23-10-22-13/h3-8,11,15H,9-10H2,1-2H3,(H,18,19)/t15-/m0/s1. The van der Waals surface area contributed by atoms with Gasteiger partial charge in [0.15, 0.2) is 21.3 Å². The maximum absolute atomic E-state index is 13.1. The largest absolute Gasteiger partial charge is 0.454 e. The van der Waals surface area contributed by atoms with Crippen LogP contribution >= 0.6 is 11.3 Å². The van der Waals surface area contributed by atoms with Crippen molar-refractivity contribution in [3.63, 3.8) is 0 Å². The lowest BCUT2D eigenvalue weighted by Crippen LogP contribution is -2.34. The molecule has 1 aliphatic rings. The Bertz CT molecular complexity index is 859. The molecule has 0 radical (unpaired) electrons. The van der Waals surface area contributed by atoms with Gasteiger partial charge in [-0.1, -0.05) is 26.0 Å². The molecule has 3 rings (SSSR count). The van der Waals surface area contributed by atoms with E-state index in [0.29, 0.717) is 17.1 Å². The normalized spacial score (nSPS) is 14.5. The van der Waals surface area contributed by atoms with Gasteiger partial charge in [-0.25, -0.2) is 8.42 Å². The molecular formula is C17H19NO5S2. The average Bonchev–Trinajstić information content (AvgIpc) is 3.25. The van der Waals surface area contributed by atoms with Crippen molar-refractivity contribution in [1.82, 2.24) is 5.32 Å². The number of hydrogen-bond acceptors (Lipinski definition) is 6. The zero-order valence-corrected chi connectivity index (χ0v) is 15.5. The third kappa shape index (κ3) is 3.64. The maximum Gasteiger partial charge on any atom is 0.231 e. The van der Waals surface area contributed by atoms with E-state index >= 15 is 0 Å². The molecule has 2 aromatic rings. The number of ether oxygens (including phenoxy) is 2. The van der Waals surface area contributed by atoms with Crippen LogP contribution in [0.4, 0.5) is 0 Å². The van der Waals surface area contributed by atoms with E-state index in [2.05, 4.69) is 5.32 Å². The summed E-state index contributed by atoms with van der Waals surface area (Å²) in [6.07, 6.45) is 0. The van der Waals surface area contributed by atoms with Crippen molar-refractivity contribution in [2.45, 2.75) is 23.3 Å². The fourth-order valence-corrected chi connectivity index (χ4v) is 5.34. The average molecular weight is 381 g/mol. The first kappa shape index (κ1) is 17.8. The van der Waals surface area contributed by atoms with Crippen molar-refractivity contribution >= 4 is 27.1 Å². The molecular weight excluding hydrogens is 362 g/mol. The Morgan fingerprint density at radius 1 is 1.24 bits per heavy atom. The molecule has 1 amide bonds. The van der Waals surface area contributed by atoms with Crippen molar-refractivity contribution in [3.8, 4) is 11.5 Å². The fourth-order valence-electron chi connectivity index (χ4n) is 2.48. The first-order valence-corrected chi connectivity index (χ1v) is 10.3. The second-order valence-electron chi connectivity index (χ2n) is 5.98. The summed E-state index contributed by atoms with van der Waals surface area (Å²) in [4.78, 5) is 11.9. The van der Waals surface area contributed by atoms with E-state index in [1.54, 1.807) is 49.6 Å². The van der Waals surface area contributed by atoms with Gasteiger partial charge >= 0.3 is 0 Å². The summed E-state index contributed by atoms with van der Waals surface area (Å²) in [5.41, 5.74) is 0.557. The van der Waals surface area contributed by atoms with Gasteiger partial charge in [0.25, 0.3) is 0 Å². The summed E-state index contributed by atoms with van der Waals surface area (Å²) in [5.74, 6) is 0.690. The van der Waals surface area contributed by atoms with E-state index in [9.17, 15) is 13.2 Å². The topological polar surface area (TPSA) is 81.7 Å². The first-order chi connectivity index (χ1) is 11.9. The van der Waals surface area contributed by atoms with E-state index in [-0.39, 0.29) is 29.4 Å². The predicted molar refractivity (Wildman–Crippen MR) is 94.7 cm³/mol. The van der Waals surface area contributed by atoms with Crippen LogP contribution in [-0.2, 0) is 14.6 Å². The molecule has 0 bridgehead atoms. The van der Waals surface area contributed by atoms with Crippen LogP contribution in [0, 0.1) is 5.92 Å². The second kappa shape index (κ2) is 7.05. The minimum Gasteiger partial charge on any atom is -0.454 e. The summed E-state index contributed by atoms with van der Waals surface area (Å²) < 4.78 is 37.0. The number of fused-ring (bicyclic) bond motifs is 1. The van der Waals surface area contributed by atoms with Crippen molar-refractivity contribution < 1.29 is 22.7 Å². The van der Waals surface area contributed by atoms with Crippen molar-refractivity contribution in [2.75, 3.05) is 13.3 Å². The van der Waals surface area contributed by atoms with Crippen LogP contribution in [0.25, 0.3) is 0 Å². The Morgan fingerprint density at radius 3 is 2.68 bits per heavy atom.